The van der Waals surface area contributed by atoms with Crippen LogP contribution in [0.3, 0.4) is 0 Å². The Balaban J connectivity index is 2.07. The minimum absolute atomic E-state index is 0.128. The van der Waals surface area contributed by atoms with Gasteiger partial charge < -0.3 is 10.2 Å². The number of anilines is 1. The molecule has 0 fully saturated rings. The van der Waals surface area contributed by atoms with Crippen LogP contribution in [0.25, 0.3) is 33.2 Å². The third kappa shape index (κ3) is 2.55. The Morgan fingerprint density at radius 1 is 1.08 bits per heavy atom. The fraction of sp³-hybridized carbons (Fsp3) is 0. The molecule has 2 N–H and O–H groups in total. The van der Waals surface area contributed by atoms with E-state index in [1.54, 1.807) is 24.5 Å². The van der Waals surface area contributed by atoms with E-state index in [4.69, 9.17) is 10.2 Å². The van der Waals surface area contributed by atoms with Crippen LogP contribution in [0.1, 0.15) is 0 Å². The van der Waals surface area contributed by atoms with E-state index in [0.29, 0.717) is 28.3 Å². The largest absolute Gasteiger partial charge is 0.463 e. The first kappa shape index (κ1) is 14.5. The quantitative estimate of drug-likeness (QED) is 0.565. The van der Waals surface area contributed by atoms with E-state index in [0.717, 1.165) is 4.88 Å². The van der Waals surface area contributed by atoms with E-state index >= 15 is 0 Å². The number of nitrogens with two attached hydrogens (primary N) is 1. The van der Waals surface area contributed by atoms with Gasteiger partial charge in [0.05, 0.1) is 16.8 Å². The van der Waals surface area contributed by atoms with Crippen molar-refractivity contribution in [2.24, 2.45) is 0 Å². The van der Waals surface area contributed by atoms with Gasteiger partial charge in [0.15, 0.2) is 5.76 Å². The number of thiophene rings is 1. The number of hydrogen-bond acceptors (Lipinski definition) is 6. The molecule has 0 bridgehead atoms. The zero-order valence-corrected chi connectivity index (χ0v) is 13.1. The topological polar surface area (TPSA) is 77.8 Å². The van der Waals surface area contributed by atoms with Crippen LogP contribution in [-0.2, 0) is 0 Å². The molecule has 7 heteroatoms. The number of furan rings is 1. The van der Waals surface area contributed by atoms with Gasteiger partial charge in [-0.2, -0.15) is 4.39 Å². The molecule has 0 aliphatic carbocycles. The summed E-state index contributed by atoms with van der Waals surface area (Å²) in [7, 11) is 0. The Hall–Kier alpha value is -3.06. The number of nitrogen functional groups attached to an aromatic ring is 1. The highest BCUT2D eigenvalue weighted by Crippen LogP contribution is 2.39. The highest BCUT2D eigenvalue weighted by atomic mass is 32.1. The van der Waals surface area contributed by atoms with E-state index in [2.05, 4.69) is 15.0 Å². The van der Waals surface area contributed by atoms with Gasteiger partial charge in [-0.3, -0.25) is 0 Å². The summed E-state index contributed by atoms with van der Waals surface area (Å²) in [6, 6.07) is 10.4. The van der Waals surface area contributed by atoms with Gasteiger partial charge in [-0.1, -0.05) is 6.07 Å². The molecular formula is C17H11FN4OS. The van der Waals surface area contributed by atoms with E-state index in [-0.39, 0.29) is 5.95 Å². The molecule has 0 spiro atoms. The minimum atomic E-state index is -0.577. The average molecular weight is 338 g/mol. The second-order valence-electron chi connectivity index (χ2n) is 4.98. The van der Waals surface area contributed by atoms with E-state index < -0.39 is 5.95 Å². The molecule has 5 nitrogen and oxygen atoms in total. The second-order valence-corrected chi connectivity index (χ2v) is 5.92. The van der Waals surface area contributed by atoms with Crippen LogP contribution in [0.5, 0.6) is 0 Å². The van der Waals surface area contributed by atoms with Crippen molar-refractivity contribution >= 4 is 17.3 Å². The summed E-state index contributed by atoms with van der Waals surface area (Å²) in [5, 5.41) is 1.94. The van der Waals surface area contributed by atoms with Gasteiger partial charge in [-0.25, -0.2) is 15.0 Å². The third-order valence-corrected chi connectivity index (χ3v) is 4.33. The van der Waals surface area contributed by atoms with Crippen LogP contribution in [-0.4, -0.2) is 15.0 Å². The molecule has 0 saturated heterocycles. The van der Waals surface area contributed by atoms with Gasteiger partial charge in [-0.15, -0.1) is 11.3 Å². The number of pyridine rings is 1. The van der Waals surface area contributed by atoms with Crippen molar-refractivity contribution in [3.05, 3.63) is 60.2 Å². The first-order chi connectivity index (χ1) is 11.7. The lowest BCUT2D eigenvalue weighted by molar-refractivity contribution is 0.579. The molecule has 0 radical (unpaired) electrons. The van der Waals surface area contributed by atoms with Crippen molar-refractivity contribution in [1.82, 2.24) is 15.0 Å². The highest BCUT2D eigenvalue weighted by molar-refractivity contribution is 7.13. The Morgan fingerprint density at radius 2 is 1.96 bits per heavy atom. The van der Waals surface area contributed by atoms with Crippen LogP contribution in [0.4, 0.5) is 10.3 Å². The third-order valence-electron chi connectivity index (χ3n) is 3.45. The molecule has 4 heterocycles. The van der Waals surface area contributed by atoms with Crippen LogP contribution in [0, 0.1) is 5.95 Å². The predicted molar refractivity (Wildman–Crippen MR) is 90.6 cm³/mol. The van der Waals surface area contributed by atoms with Crippen LogP contribution >= 0.6 is 11.3 Å². The standard InChI is InChI=1S/C17H11FN4OS/c18-13-9-10(5-6-20-13)14-15(11-3-1-7-23-11)21-17(19)22-16(14)12-4-2-8-24-12/h1-9H,(H2,19,21,22). The lowest BCUT2D eigenvalue weighted by atomic mass is 10.0. The number of nitrogens with zero attached hydrogens (tertiary/aromatic N) is 3. The first-order valence-corrected chi connectivity index (χ1v) is 7.97. The molecule has 0 atom stereocenters. The molecule has 0 aliphatic rings. The maximum absolute atomic E-state index is 13.7. The number of halogens is 1. The van der Waals surface area contributed by atoms with Crippen molar-refractivity contribution < 1.29 is 8.81 Å². The van der Waals surface area contributed by atoms with Crippen LogP contribution in [0.15, 0.2) is 58.7 Å². The number of hydrogen-bond donors (Lipinski definition) is 1. The summed E-state index contributed by atoms with van der Waals surface area (Å²) >= 11 is 1.52. The first-order valence-electron chi connectivity index (χ1n) is 7.09. The van der Waals surface area contributed by atoms with E-state index in [9.17, 15) is 4.39 Å². The fourth-order valence-electron chi connectivity index (χ4n) is 2.49. The van der Waals surface area contributed by atoms with Crippen molar-refractivity contribution in [1.29, 1.82) is 0 Å². The summed E-state index contributed by atoms with van der Waals surface area (Å²) in [6.45, 7) is 0. The van der Waals surface area contributed by atoms with Crippen LogP contribution < -0.4 is 5.73 Å². The zero-order valence-electron chi connectivity index (χ0n) is 12.3. The van der Waals surface area contributed by atoms with Gasteiger partial charge in [0.2, 0.25) is 11.9 Å². The maximum atomic E-state index is 13.7. The molecule has 24 heavy (non-hydrogen) atoms. The molecule has 4 aromatic rings. The van der Waals surface area contributed by atoms with Crippen molar-refractivity contribution in [2.75, 3.05) is 5.73 Å². The monoisotopic (exact) mass is 338 g/mol. The van der Waals surface area contributed by atoms with Gasteiger partial charge in [-0.05, 0) is 35.2 Å². The lowest BCUT2D eigenvalue weighted by Crippen LogP contribution is -2.02. The van der Waals surface area contributed by atoms with Gasteiger partial charge in [0, 0.05) is 17.8 Å². The molecular weight excluding hydrogens is 327 g/mol. The average Bonchev–Trinajstić information content (AvgIpc) is 3.28. The lowest BCUT2D eigenvalue weighted by Gasteiger charge is -2.12. The minimum Gasteiger partial charge on any atom is -0.463 e. The summed E-state index contributed by atoms with van der Waals surface area (Å²) < 4.78 is 19.2. The smallest absolute Gasteiger partial charge is 0.221 e. The van der Waals surface area contributed by atoms with Gasteiger partial charge >= 0.3 is 0 Å². The molecule has 0 saturated carbocycles. The summed E-state index contributed by atoms with van der Waals surface area (Å²) in [5.41, 5.74) is 8.32. The Bertz CT molecular complexity index is 929. The van der Waals surface area contributed by atoms with E-state index in [1.807, 2.05) is 17.5 Å². The molecule has 0 aliphatic heterocycles. The number of aromatic nitrogens is 3. The summed E-state index contributed by atoms with van der Waals surface area (Å²) in [5.74, 6) is 0.0871. The zero-order chi connectivity index (χ0) is 16.5. The Morgan fingerprint density at radius 3 is 2.67 bits per heavy atom. The predicted octanol–water partition coefficient (Wildman–Crippen LogP) is 4.25. The Labute approximate surface area is 140 Å². The molecule has 0 unspecified atom stereocenters. The maximum Gasteiger partial charge on any atom is 0.221 e. The van der Waals surface area contributed by atoms with Crippen molar-refractivity contribution in [3.8, 4) is 33.2 Å². The second kappa shape index (κ2) is 5.86. The van der Waals surface area contributed by atoms with Gasteiger partial charge in [0.25, 0.3) is 0 Å². The van der Waals surface area contributed by atoms with Crippen molar-refractivity contribution in [3.63, 3.8) is 0 Å². The van der Waals surface area contributed by atoms with E-state index in [1.165, 1.54) is 23.6 Å². The molecule has 118 valence electrons. The SMILES string of the molecule is Nc1nc(-c2ccco2)c(-c2ccnc(F)c2)c(-c2cccs2)n1. The van der Waals surface area contributed by atoms with Gasteiger partial charge in [0.1, 0.15) is 5.69 Å². The molecule has 0 amide bonds. The fourth-order valence-corrected chi connectivity index (χ4v) is 3.21. The molecule has 0 aromatic carbocycles. The van der Waals surface area contributed by atoms with Crippen LogP contribution in [0.2, 0.25) is 0 Å². The molecule has 4 aromatic heterocycles. The van der Waals surface area contributed by atoms with Crippen molar-refractivity contribution in [2.45, 2.75) is 0 Å². The Kier molecular flexibility index (Phi) is 3.55. The summed E-state index contributed by atoms with van der Waals surface area (Å²) in [6.07, 6.45) is 2.96. The highest BCUT2D eigenvalue weighted by Gasteiger charge is 2.21. The molecule has 4 rings (SSSR count). The summed E-state index contributed by atoms with van der Waals surface area (Å²) in [4.78, 5) is 13.2. The normalized spacial score (nSPS) is 10.9. The number of rotatable bonds is 3.